The van der Waals surface area contributed by atoms with Crippen LogP contribution in [0.3, 0.4) is 0 Å². The second-order valence-electron chi connectivity index (χ2n) is 7.12. The summed E-state index contributed by atoms with van der Waals surface area (Å²) in [6, 6.07) is 22.8. The van der Waals surface area contributed by atoms with Gasteiger partial charge in [-0.2, -0.15) is 0 Å². The first-order valence-electron chi connectivity index (χ1n) is 9.27. The lowest BCUT2D eigenvalue weighted by Gasteiger charge is -2.09. The van der Waals surface area contributed by atoms with Crippen LogP contribution in [0.4, 0.5) is 0 Å². The lowest BCUT2D eigenvalue weighted by Crippen LogP contribution is -1.92. The van der Waals surface area contributed by atoms with E-state index in [9.17, 15) is 0 Å². The highest BCUT2D eigenvalue weighted by molar-refractivity contribution is 6.24. The smallest absolute Gasteiger partial charge is 0.147 e. The van der Waals surface area contributed by atoms with Gasteiger partial charge in [0.2, 0.25) is 0 Å². The van der Waals surface area contributed by atoms with E-state index in [1.165, 1.54) is 0 Å². The van der Waals surface area contributed by atoms with E-state index in [-0.39, 0.29) is 0 Å². The van der Waals surface area contributed by atoms with E-state index in [2.05, 4.69) is 57.9 Å². The van der Waals surface area contributed by atoms with Crippen LogP contribution < -0.4 is 0 Å². The standard InChI is InChI=1S/C24H13N3O/c1-4-8-21-14(5-1)16-9-10-20-22(23(16)28-21)15-11-12-25-13-17(15)24-26-18-6-2-3-7-19(18)27(20)24/h1-13H. The molecule has 0 unspecified atom stereocenters. The van der Waals surface area contributed by atoms with Gasteiger partial charge in [-0.25, -0.2) is 4.98 Å². The molecule has 0 atom stereocenters. The van der Waals surface area contributed by atoms with Gasteiger partial charge in [-0.1, -0.05) is 30.3 Å². The Morgan fingerprint density at radius 2 is 1.61 bits per heavy atom. The van der Waals surface area contributed by atoms with E-state index in [1.54, 1.807) is 0 Å². The first-order chi connectivity index (χ1) is 13.9. The Labute approximate surface area is 158 Å². The topological polar surface area (TPSA) is 43.3 Å². The maximum absolute atomic E-state index is 6.36. The van der Waals surface area contributed by atoms with Gasteiger partial charge in [0.1, 0.15) is 16.8 Å². The van der Waals surface area contributed by atoms with E-state index < -0.39 is 0 Å². The highest BCUT2D eigenvalue weighted by Crippen LogP contribution is 2.39. The Bertz CT molecular complexity index is 1720. The number of imidazole rings is 1. The van der Waals surface area contributed by atoms with Crippen LogP contribution in [-0.4, -0.2) is 14.4 Å². The number of aromatic nitrogens is 3. The summed E-state index contributed by atoms with van der Waals surface area (Å²) in [7, 11) is 0. The molecule has 0 aliphatic carbocycles. The van der Waals surface area contributed by atoms with Gasteiger partial charge >= 0.3 is 0 Å². The first-order valence-corrected chi connectivity index (χ1v) is 9.27. The number of nitrogens with zero attached hydrogens (tertiary/aromatic N) is 3. The Morgan fingerprint density at radius 3 is 2.61 bits per heavy atom. The molecule has 0 saturated heterocycles. The highest BCUT2D eigenvalue weighted by atomic mass is 16.3. The van der Waals surface area contributed by atoms with E-state index in [0.29, 0.717) is 0 Å². The average Bonchev–Trinajstić information content (AvgIpc) is 3.32. The van der Waals surface area contributed by atoms with Crippen molar-refractivity contribution in [3.05, 3.63) is 79.1 Å². The molecular weight excluding hydrogens is 346 g/mol. The van der Waals surface area contributed by atoms with E-state index >= 15 is 0 Å². The summed E-state index contributed by atoms with van der Waals surface area (Å²) >= 11 is 0. The molecule has 4 nitrogen and oxygen atoms in total. The molecule has 0 fully saturated rings. The van der Waals surface area contributed by atoms with E-state index in [4.69, 9.17) is 9.40 Å². The molecule has 0 aliphatic rings. The molecule has 4 heteroatoms. The molecule has 0 spiro atoms. The summed E-state index contributed by atoms with van der Waals surface area (Å²) in [5, 5.41) is 5.50. The van der Waals surface area contributed by atoms with Crippen LogP contribution in [0.1, 0.15) is 0 Å². The Hall–Kier alpha value is -3.92. The zero-order valence-electron chi connectivity index (χ0n) is 14.8. The van der Waals surface area contributed by atoms with Crippen LogP contribution in [0, 0.1) is 0 Å². The van der Waals surface area contributed by atoms with Gasteiger partial charge in [0.15, 0.2) is 0 Å². The van der Waals surface area contributed by atoms with E-state index in [1.807, 2.05) is 30.6 Å². The molecule has 0 radical (unpaired) electrons. The van der Waals surface area contributed by atoms with Gasteiger partial charge in [-0.15, -0.1) is 0 Å². The fraction of sp³-hybridized carbons (Fsp3) is 0. The molecule has 0 bridgehead atoms. The molecule has 130 valence electrons. The second kappa shape index (κ2) is 4.87. The minimum Gasteiger partial charge on any atom is -0.455 e. The van der Waals surface area contributed by atoms with Crippen molar-refractivity contribution in [3.63, 3.8) is 0 Å². The summed E-state index contributed by atoms with van der Waals surface area (Å²) < 4.78 is 8.58. The normalized spacial score (nSPS) is 12.3. The monoisotopic (exact) mass is 359 g/mol. The molecule has 7 rings (SSSR count). The summed E-state index contributed by atoms with van der Waals surface area (Å²) in [5.41, 5.74) is 5.90. The van der Waals surface area contributed by atoms with Gasteiger partial charge in [0.25, 0.3) is 0 Å². The molecule has 4 aromatic heterocycles. The summed E-state index contributed by atoms with van der Waals surface area (Å²) in [6.07, 6.45) is 3.74. The number of benzene rings is 3. The second-order valence-corrected chi connectivity index (χ2v) is 7.12. The van der Waals surface area contributed by atoms with Crippen LogP contribution in [0.2, 0.25) is 0 Å². The maximum Gasteiger partial charge on any atom is 0.147 e. The van der Waals surface area contributed by atoms with Crippen molar-refractivity contribution < 1.29 is 4.42 Å². The van der Waals surface area contributed by atoms with E-state index in [0.717, 1.165) is 60.3 Å². The van der Waals surface area contributed by atoms with Gasteiger partial charge in [0.05, 0.1) is 21.9 Å². The van der Waals surface area contributed by atoms with Crippen molar-refractivity contribution >= 4 is 60.3 Å². The fourth-order valence-corrected chi connectivity index (χ4v) is 4.47. The predicted octanol–water partition coefficient (Wildman–Crippen LogP) is 6.09. The van der Waals surface area contributed by atoms with Crippen molar-refractivity contribution in [2.24, 2.45) is 0 Å². The van der Waals surface area contributed by atoms with Crippen LogP contribution in [0.15, 0.2) is 83.5 Å². The quantitative estimate of drug-likeness (QED) is 0.308. The van der Waals surface area contributed by atoms with Gasteiger partial charge < -0.3 is 4.42 Å². The van der Waals surface area contributed by atoms with Crippen molar-refractivity contribution in [1.29, 1.82) is 0 Å². The third-order valence-corrected chi connectivity index (χ3v) is 5.66. The fourth-order valence-electron chi connectivity index (χ4n) is 4.47. The summed E-state index contributed by atoms with van der Waals surface area (Å²) in [4.78, 5) is 9.29. The third kappa shape index (κ3) is 1.61. The highest BCUT2D eigenvalue weighted by Gasteiger charge is 2.18. The van der Waals surface area contributed by atoms with Crippen LogP contribution >= 0.6 is 0 Å². The Morgan fingerprint density at radius 1 is 0.714 bits per heavy atom. The van der Waals surface area contributed by atoms with Crippen molar-refractivity contribution in [2.75, 3.05) is 0 Å². The lowest BCUT2D eigenvalue weighted by molar-refractivity contribution is 0.673. The molecule has 4 heterocycles. The molecule has 7 aromatic rings. The number of pyridine rings is 2. The molecule has 0 N–H and O–H groups in total. The molecule has 28 heavy (non-hydrogen) atoms. The molecule has 3 aromatic carbocycles. The SMILES string of the molecule is c1ccc2c(c1)nc1c3cnccc3c3c4oc5ccccc5c4ccc3n21. The Balaban J connectivity index is 1.88. The number of rotatable bonds is 0. The zero-order valence-corrected chi connectivity index (χ0v) is 14.8. The number of fused-ring (bicyclic) bond motifs is 12. The number of hydrogen-bond donors (Lipinski definition) is 0. The lowest BCUT2D eigenvalue weighted by atomic mass is 10.0. The number of hydrogen-bond acceptors (Lipinski definition) is 3. The van der Waals surface area contributed by atoms with Gasteiger partial charge in [0, 0.05) is 33.9 Å². The molecule has 0 amide bonds. The molecule has 0 saturated carbocycles. The number of para-hydroxylation sites is 3. The average molecular weight is 359 g/mol. The van der Waals surface area contributed by atoms with Crippen molar-refractivity contribution in [1.82, 2.24) is 14.4 Å². The summed E-state index contributed by atoms with van der Waals surface area (Å²) in [6.45, 7) is 0. The summed E-state index contributed by atoms with van der Waals surface area (Å²) in [5.74, 6) is 0. The minimum atomic E-state index is 0.905. The largest absolute Gasteiger partial charge is 0.455 e. The number of furan rings is 1. The zero-order chi connectivity index (χ0) is 18.2. The predicted molar refractivity (Wildman–Crippen MR) is 113 cm³/mol. The third-order valence-electron chi connectivity index (χ3n) is 5.66. The van der Waals surface area contributed by atoms with Crippen molar-refractivity contribution in [3.8, 4) is 0 Å². The van der Waals surface area contributed by atoms with Gasteiger partial charge in [-0.3, -0.25) is 9.38 Å². The van der Waals surface area contributed by atoms with Crippen molar-refractivity contribution in [2.45, 2.75) is 0 Å². The van der Waals surface area contributed by atoms with Gasteiger partial charge in [-0.05, 0) is 36.4 Å². The Kier molecular flexibility index (Phi) is 2.46. The van der Waals surface area contributed by atoms with Crippen LogP contribution in [0.25, 0.3) is 60.3 Å². The molecule has 0 aliphatic heterocycles. The first kappa shape index (κ1) is 14.2. The molecular formula is C24H13N3O. The maximum atomic E-state index is 6.36. The van der Waals surface area contributed by atoms with Crippen LogP contribution in [0.5, 0.6) is 0 Å². The minimum absolute atomic E-state index is 0.905. The van der Waals surface area contributed by atoms with Crippen LogP contribution in [-0.2, 0) is 0 Å².